The largest absolute Gasteiger partial charge is 0.472 e. The van der Waals surface area contributed by atoms with Crippen molar-refractivity contribution in [2.24, 2.45) is 0 Å². The van der Waals surface area contributed by atoms with Crippen LogP contribution in [-0.2, 0) is 29.7 Å². The molecule has 0 aliphatic carbocycles. The highest BCUT2D eigenvalue weighted by Gasteiger charge is 2.32. The summed E-state index contributed by atoms with van der Waals surface area (Å²) in [5, 5.41) is 21.2. The van der Waals surface area contributed by atoms with Crippen molar-refractivity contribution in [3.8, 4) is 6.07 Å². The smallest absolute Gasteiger partial charge is 0.392 e. The Morgan fingerprint density at radius 2 is 1.45 bits per heavy atom. The van der Waals surface area contributed by atoms with E-state index in [2.05, 4.69) is 17.0 Å². The highest BCUT2D eigenvalue weighted by molar-refractivity contribution is 7.47. The molecular weight excluding hydrogens is 760 g/mol. The average Bonchev–Trinajstić information content (AvgIpc) is 3.90. The Bertz CT molecular complexity index is 1560. The second kappa shape index (κ2) is 33.8. The predicted molar refractivity (Wildman–Crippen MR) is 231 cm³/mol. The fourth-order valence-corrected chi connectivity index (χ4v) is 7.27. The van der Waals surface area contributed by atoms with Crippen LogP contribution in [0.25, 0.3) is 5.52 Å². The van der Waals surface area contributed by atoms with Crippen LogP contribution in [0.2, 0.25) is 0 Å². The van der Waals surface area contributed by atoms with Crippen LogP contribution in [0.4, 0.5) is 10.2 Å². The molecule has 0 saturated carbocycles. The predicted octanol–water partition coefficient (Wildman–Crippen LogP) is 11.6. The van der Waals surface area contributed by atoms with Crippen LogP contribution in [0.1, 0.15) is 180 Å². The number of nitrogens with zero attached hydrogens (tertiary/aromatic N) is 4. The number of benzene rings is 1. The number of anilines is 1. The Morgan fingerprint density at radius 3 is 2.03 bits per heavy atom. The third-order valence-corrected chi connectivity index (χ3v) is 10.5. The molecule has 1 aliphatic heterocycles. The highest BCUT2D eigenvalue weighted by Crippen LogP contribution is 2.44. The Morgan fingerprint density at radius 1 is 0.862 bits per heavy atom. The first kappa shape index (κ1) is 53.1. The second-order valence-electron chi connectivity index (χ2n) is 14.0. The Kier molecular flexibility index (Phi) is 31.0. The third kappa shape index (κ3) is 23.0. The van der Waals surface area contributed by atoms with Crippen molar-refractivity contribution in [2.45, 2.75) is 175 Å². The van der Waals surface area contributed by atoms with E-state index >= 15 is 0 Å². The summed E-state index contributed by atoms with van der Waals surface area (Å²) in [7, 11) is -4.14. The molecule has 2 aromatic heterocycles. The van der Waals surface area contributed by atoms with Crippen LogP contribution in [0.3, 0.4) is 0 Å². The monoisotopic (exact) mass is 836 g/mol. The van der Waals surface area contributed by atoms with Gasteiger partial charge in [-0.3, -0.25) is 9.05 Å². The first-order chi connectivity index (χ1) is 28.3. The number of nitrogens with two attached hydrogens (primary N) is 1. The van der Waals surface area contributed by atoms with E-state index in [1.165, 1.54) is 115 Å². The molecule has 3 atom stereocenters. The zero-order valence-corrected chi connectivity index (χ0v) is 37.1. The van der Waals surface area contributed by atoms with Gasteiger partial charge in [-0.2, -0.15) is 10.4 Å². The van der Waals surface area contributed by atoms with Crippen LogP contribution in [0.5, 0.6) is 0 Å². The molecule has 0 spiro atoms. The van der Waals surface area contributed by atoms with Gasteiger partial charge in [0.2, 0.25) is 0 Å². The number of phosphoric acid groups is 1. The maximum Gasteiger partial charge on any atom is 0.472 e. The van der Waals surface area contributed by atoms with E-state index in [-0.39, 0.29) is 37.6 Å². The minimum Gasteiger partial charge on any atom is -0.392 e. The topological polar surface area (TPSA) is 174 Å². The van der Waals surface area contributed by atoms with Gasteiger partial charge < -0.3 is 25.2 Å². The number of halogens is 1. The molecule has 1 aromatic carbocycles. The molecule has 330 valence electrons. The quantitative estimate of drug-likeness (QED) is 0.0492. The normalized spacial score (nSPS) is 15.6. The van der Waals surface area contributed by atoms with E-state index in [1.54, 1.807) is 10.6 Å². The summed E-state index contributed by atoms with van der Waals surface area (Å²) in [4.78, 5) is 14.0. The number of hydrogen-bond donors (Lipinski definition) is 3. The van der Waals surface area contributed by atoms with Gasteiger partial charge in [0.1, 0.15) is 23.8 Å². The Hall–Kier alpha value is -2.95. The highest BCUT2D eigenvalue weighted by atomic mass is 31.2. The van der Waals surface area contributed by atoms with Gasteiger partial charge >= 0.3 is 7.82 Å². The molecule has 3 heterocycles. The van der Waals surface area contributed by atoms with Crippen molar-refractivity contribution in [1.29, 1.82) is 5.26 Å². The van der Waals surface area contributed by atoms with Gasteiger partial charge in [0, 0.05) is 13.2 Å². The fraction of sp³-hybridized carbons (Fsp3) is 0.705. The number of aromatic nitrogens is 3. The van der Waals surface area contributed by atoms with E-state index in [0.717, 1.165) is 36.7 Å². The molecule has 58 heavy (non-hydrogen) atoms. The maximum atomic E-state index is 12.5. The van der Waals surface area contributed by atoms with Gasteiger partial charge in [-0.15, -0.1) is 0 Å². The van der Waals surface area contributed by atoms with Crippen LogP contribution < -0.4 is 5.73 Å². The van der Waals surface area contributed by atoms with Crippen LogP contribution in [-0.4, -0.2) is 57.1 Å². The molecule has 1 aliphatic rings. The number of rotatable bonds is 27. The van der Waals surface area contributed by atoms with Crippen LogP contribution in [0.15, 0.2) is 36.7 Å². The molecule has 0 bridgehead atoms. The summed E-state index contributed by atoms with van der Waals surface area (Å²) in [6.45, 7) is 11.4. The van der Waals surface area contributed by atoms with Crippen LogP contribution >= 0.6 is 7.82 Å². The first-order valence-electron chi connectivity index (χ1n) is 22.0. The minimum atomic E-state index is -4.14. The van der Waals surface area contributed by atoms with E-state index < -0.39 is 13.6 Å². The van der Waals surface area contributed by atoms with E-state index in [0.29, 0.717) is 30.8 Å². The zero-order chi connectivity index (χ0) is 42.9. The number of aliphatic hydroxyl groups excluding tert-OH is 1. The summed E-state index contributed by atoms with van der Waals surface area (Å²) >= 11 is 0. The molecule has 3 aromatic rings. The lowest BCUT2D eigenvalue weighted by Crippen LogP contribution is -2.15. The summed E-state index contributed by atoms with van der Waals surface area (Å²) in [6, 6.07) is 9.33. The van der Waals surface area contributed by atoms with Gasteiger partial charge in [-0.05, 0) is 61.6 Å². The first-order valence-corrected chi connectivity index (χ1v) is 23.5. The molecule has 1 saturated heterocycles. The van der Waals surface area contributed by atoms with Crippen molar-refractivity contribution in [3.63, 3.8) is 0 Å². The van der Waals surface area contributed by atoms with Gasteiger partial charge in [-0.25, -0.2) is 18.5 Å². The van der Waals surface area contributed by atoms with E-state index in [4.69, 9.17) is 34.6 Å². The molecule has 0 amide bonds. The van der Waals surface area contributed by atoms with Crippen molar-refractivity contribution in [3.05, 3.63) is 59.3 Å². The molecule has 14 heteroatoms. The maximum absolute atomic E-state index is 12.5. The third-order valence-electron chi connectivity index (χ3n) is 9.47. The van der Waals surface area contributed by atoms with Crippen molar-refractivity contribution in [1.82, 2.24) is 14.6 Å². The fourth-order valence-electron chi connectivity index (χ4n) is 6.48. The molecule has 12 nitrogen and oxygen atoms in total. The number of hydrogen-bond acceptors (Lipinski definition) is 10. The molecular formula is C44H75FN5O7P. The summed E-state index contributed by atoms with van der Waals surface area (Å²) in [5.41, 5.74) is 8.15. The molecule has 4 rings (SSSR count). The molecule has 4 N–H and O–H groups in total. The summed E-state index contributed by atoms with van der Waals surface area (Å²) in [5.74, 6) is -0.0868. The zero-order valence-electron chi connectivity index (χ0n) is 36.2. The van der Waals surface area contributed by atoms with Crippen LogP contribution in [0, 0.1) is 17.1 Å². The number of nitriles is 1. The minimum absolute atomic E-state index is 0.0134. The molecule has 0 radical (unpaired) electrons. The van der Waals surface area contributed by atoms with Gasteiger partial charge in [-0.1, -0.05) is 131 Å². The number of phosphoric ester groups is 1. The SMILES string of the molecule is CC.CC.CCCCCCCCCCCCCCCCCCOCCCOP(=O)(O)OCC1CCC(c2ccc3c(N)ncnn23)O1.N#Cc1cc(F)cc(CO)c1. The number of ether oxygens (including phenoxy) is 2. The van der Waals surface area contributed by atoms with Gasteiger partial charge in [0.05, 0.1) is 43.3 Å². The van der Waals surface area contributed by atoms with Crippen molar-refractivity contribution in [2.75, 3.05) is 32.2 Å². The average molecular weight is 836 g/mol. The Balaban J connectivity index is 0.000000948. The molecule has 3 unspecified atom stereocenters. The standard InChI is InChI=1S/C32H57N4O6P.C8H6FNO.2C2H6/c1-2-3-4-5-6-7-8-9-10-11-12-13-14-15-16-17-23-39-24-18-25-40-43(37,38)41-26-28-19-22-31(42-28)29-20-21-30-32(33)34-27-35-36(29)30;9-8-2-6(4-10)1-7(3-8)5-11;2*1-2/h20-21,27-28,31H,2-19,22-26H2,1H3,(H,37,38)(H2,33,34,35);1-3,11H,5H2;2*1-2H3. The van der Waals surface area contributed by atoms with Gasteiger partial charge in [0.25, 0.3) is 0 Å². The van der Waals surface area contributed by atoms with E-state index in [9.17, 15) is 13.8 Å². The summed E-state index contributed by atoms with van der Waals surface area (Å²) < 4.78 is 48.6. The van der Waals surface area contributed by atoms with Crippen molar-refractivity contribution < 1.29 is 37.5 Å². The second-order valence-corrected chi connectivity index (χ2v) is 15.5. The van der Waals surface area contributed by atoms with Gasteiger partial charge in [0.15, 0.2) is 5.82 Å². The number of nitrogen functional groups attached to an aromatic ring is 1. The number of unbranched alkanes of at least 4 members (excludes halogenated alkanes) is 15. The van der Waals surface area contributed by atoms with Crippen molar-refractivity contribution >= 4 is 19.2 Å². The number of aliphatic hydroxyl groups is 1. The Labute approximate surface area is 348 Å². The lowest BCUT2D eigenvalue weighted by atomic mass is 10.0. The lowest BCUT2D eigenvalue weighted by molar-refractivity contribution is 0.00431. The lowest BCUT2D eigenvalue weighted by Gasteiger charge is -2.16. The van der Waals surface area contributed by atoms with E-state index in [1.807, 2.05) is 39.8 Å². The molecule has 1 fully saturated rings. The summed E-state index contributed by atoms with van der Waals surface area (Å²) in [6.07, 6.45) is 24.5. The number of fused-ring (bicyclic) bond motifs is 1.